The quantitative estimate of drug-likeness (QED) is 0.311. The van der Waals surface area contributed by atoms with Crippen LogP contribution in [0.4, 0.5) is 5.69 Å². The maximum absolute atomic E-state index is 12.9. The van der Waals surface area contributed by atoms with Gasteiger partial charge in [-0.05, 0) is 95.9 Å². The lowest BCUT2D eigenvalue weighted by atomic mass is 10.1. The van der Waals surface area contributed by atoms with Gasteiger partial charge in [0.15, 0.2) is 5.11 Å². The highest BCUT2D eigenvalue weighted by Crippen LogP contribution is 2.27. The minimum atomic E-state index is -0.236. The van der Waals surface area contributed by atoms with Crippen molar-refractivity contribution in [1.82, 2.24) is 9.88 Å². The number of fused-ring (bicyclic) bond motifs is 1. The zero-order valence-corrected chi connectivity index (χ0v) is 20.6. The van der Waals surface area contributed by atoms with Crippen LogP contribution in [-0.2, 0) is 6.54 Å². The van der Waals surface area contributed by atoms with Gasteiger partial charge in [-0.2, -0.15) is 0 Å². The highest BCUT2D eigenvalue weighted by atomic mass is 79.9. The van der Waals surface area contributed by atoms with Gasteiger partial charge in [-0.15, -0.1) is 0 Å². The summed E-state index contributed by atoms with van der Waals surface area (Å²) in [5.74, 6) is -0.236. The van der Waals surface area contributed by atoms with Crippen LogP contribution in [0, 0.1) is 20.8 Å². The molecule has 4 nitrogen and oxygen atoms in total. The Bertz CT molecular complexity index is 1330. The highest BCUT2D eigenvalue weighted by Gasteiger charge is 2.15. The van der Waals surface area contributed by atoms with Gasteiger partial charge in [0.2, 0.25) is 0 Å². The number of carbonyl (C=O) groups excluding carboxylic acids is 1. The summed E-state index contributed by atoms with van der Waals surface area (Å²) in [6, 6.07) is 22.1. The van der Waals surface area contributed by atoms with E-state index in [1.54, 1.807) is 0 Å². The van der Waals surface area contributed by atoms with Crippen LogP contribution in [0.1, 0.15) is 32.7 Å². The monoisotopic (exact) mass is 505 g/mol. The smallest absolute Gasteiger partial charge is 0.257 e. The van der Waals surface area contributed by atoms with E-state index in [-0.39, 0.29) is 11.0 Å². The number of thiocarbonyl (C=S) groups is 1. The van der Waals surface area contributed by atoms with Crippen molar-refractivity contribution in [2.24, 2.45) is 0 Å². The van der Waals surface area contributed by atoms with Gasteiger partial charge >= 0.3 is 0 Å². The fourth-order valence-corrected chi connectivity index (χ4v) is 4.61. The molecule has 0 unspecified atom stereocenters. The molecule has 3 aromatic carbocycles. The van der Waals surface area contributed by atoms with E-state index in [4.69, 9.17) is 12.2 Å². The van der Waals surface area contributed by atoms with E-state index in [9.17, 15) is 4.79 Å². The molecular formula is C26H24BrN3OS. The lowest BCUT2D eigenvalue weighted by Crippen LogP contribution is -2.34. The molecule has 0 saturated heterocycles. The van der Waals surface area contributed by atoms with Gasteiger partial charge in [-0.3, -0.25) is 10.1 Å². The lowest BCUT2D eigenvalue weighted by Gasteiger charge is -2.12. The first-order valence-corrected chi connectivity index (χ1v) is 11.6. The van der Waals surface area contributed by atoms with E-state index in [1.165, 1.54) is 16.8 Å². The highest BCUT2D eigenvalue weighted by molar-refractivity contribution is 9.10. The van der Waals surface area contributed by atoms with Crippen LogP contribution >= 0.6 is 28.1 Å². The van der Waals surface area contributed by atoms with Crippen LogP contribution in [0.5, 0.6) is 0 Å². The second-order valence-corrected chi connectivity index (χ2v) is 9.17. The Morgan fingerprint density at radius 1 is 1.00 bits per heavy atom. The second-order valence-electron chi connectivity index (χ2n) is 7.91. The number of nitrogens with zero attached hydrogens (tertiary/aromatic N) is 1. The third kappa shape index (κ3) is 4.61. The largest absolute Gasteiger partial charge is 0.340 e. The maximum atomic E-state index is 12.9. The number of halogens is 1. The van der Waals surface area contributed by atoms with Crippen molar-refractivity contribution in [3.63, 3.8) is 0 Å². The molecule has 4 aromatic rings. The summed E-state index contributed by atoms with van der Waals surface area (Å²) in [7, 11) is 0. The molecular weight excluding hydrogens is 482 g/mol. The summed E-state index contributed by atoms with van der Waals surface area (Å²) >= 11 is 8.87. The summed E-state index contributed by atoms with van der Waals surface area (Å²) in [4.78, 5) is 12.9. The van der Waals surface area contributed by atoms with Crippen molar-refractivity contribution in [2.75, 3.05) is 5.32 Å². The van der Waals surface area contributed by atoms with Crippen LogP contribution in [0.15, 0.2) is 71.2 Å². The molecule has 0 fully saturated rings. The van der Waals surface area contributed by atoms with Gasteiger partial charge in [0.05, 0.1) is 5.69 Å². The predicted molar refractivity (Wildman–Crippen MR) is 140 cm³/mol. The van der Waals surface area contributed by atoms with Crippen LogP contribution in [-0.4, -0.2) is 15.6 Å². The molecule has 2 N–H and O–H groups in total. The van der Waals surface area contributed by atoms with Crippen molar-refractivity contribution in [3.05, 3.63) is 99.2 Å². The van der Waals surface area contributed by atoms with E-state index in [0.717, 1.165) is 33.2 Å². The van der Waals surface area contributed by atoms with Crippen molar-refractivity contribution < 1.29 is 4.79 Å². The molecule has 0 atom stereocenters. The Labute approximate surface area is 201 Å². The fraction of sp³-hybridized carbons (Fsp3) is 0.154. The molecule has 1 amide bonds. The molecule has 0 spiro atoms. The summed E-state index contributed by atoms with van der Waals surface area (Å²) in [5, 5.41) is 7.20. The van der Waals surface area contributed by atoms with Crippen LogP contribution in [0.25, 0.3) is 10.9 Å². The molecule has 162 valence electrons. The number of anilines is 1. The first-order valence-electron chi connectivity index (χ1n) is 10.4. The van der Waals surface area contributed by atoms with Gasteiger partial charge in [0.25, 0.3) is 5.91 Å². The average molecular weight is 506 g/mol. The Balaban J connectivity index is 1.55. The van der Waals surface area contributed by atoms with Crippen molar-refractivity contribution in [2.45, 2.75) is 27.3 Å². The van der Waals surface area contributed by atoms with Gasteiger partial charge in [0, 0.05) is 33.2 Å². The Kier molecular flexibility index (Phi) is 6.44. The molecule has 0 radical (unpaired) electrons. The molecule has 1 heterocycles. The normalized spacial score (nSPS) is 10.9. The SMILES string of the molecule is Cc1ccc(NC(=S)NC(=O)c2ccc3c(c2)c(C)c(C)n3Cc2ccccc2)c(Br)c1. The first kappa shape index (κ1) is 22.2. The van der Waals surface area contributed by atoms with Crippen molar-refractivity contribution in [1.29, 1.82) is 0 Å². The van der Waals surface area contributed by atoms with Gasteiger partial charge in [-0.1, -0.05) is 36.4 Å². The van der Waals surface area contributed by atoms with Crippen molar-refractivity contribution in [3.8, 4) is 0 Å². The molecule has 0 saturated carbocycles. The Morgan fingerprint density at radius 2 is 1.75 bits per heavy atom. The first-order chi connectivity index (χ1) is 15.3. The van der Waals surface area contributed by atoms with Crippen LogP contribution in [0.2, 0.25) is 0 Å². The minimum absolute atomic E-state index is 0.236. The number of carbonyl (C=O) groups is 1. The lowest BCUT2D eigenvalue weighted by molar-refractivity contribution is 0.0978. The number of amides is 1. The Morgan fingerprint density at radius 3 is 2.47 bits per heavy atom. The predicted octanol–water partition coefficient (Wildman–Crippen LogP) is 6.50. The van der Waals surface area contributed by atoms with E-state index >= 15 is 0 Å². The van der Waals surface area contributed by atoms with E-state index in [0.29, 0.717) is 5.56 Å². The molecule has 0 bridgehead atoms. The fourth-order valence-electron chi connectivity index (χ4n) is 3.81. The van der Waals surface area contributed by atoms with E-state index in [2.05, 4.69) is 69.2 Å². The number of hydrogen-bond acceptors (Lipinski definition) is 2. The summed E-state index contributed by atoms with van der Waals surface area (Å²) in [6.45, 7) is 7.03. The molecule has 1 aromatic heterocycles. The standard InChI is InChI=1S/C26H24BrN3OS/c1-16-9-11-23(22(27)13-16)28-26(32)29-25(31)20-10-12-24-21(14-20)17(2)18(3)30(24)15-19-7-5-4-6-8-19/h4-14H,15H2,1-3H3,(H2,28,29,31,32). The maximum Gasteiger partial charge on any atom is 0.257 e. The van der Waals surface area contributed by atoms with Gasteiger partial charge < -0.3 is 9.88 Å². The summed E-state index contributed by atoms with van der Waals surface area (Å²) < 4.78 is 3.18. The second kappa shape index (κ2) is 9.27. The number of hydrogen-bond donors (Lipinski definition) is 2. The Hall–Kier alpha value is -2.96. The molecule has 0 aliphatic rings. The third-order valence-corrected chi connectivity index (χ3v) is 6.54. The van der Waals surface area contributed by atoms with Gasteiger partial charge in [-0.25, -0.2) is 0 Å². The molecule has 6 heteroatoms. The third-order valence-electron chi connectivity index (χ3n) is 5.68. The number of aromatic nitrogens is 1. The molecule has 32 heavy (non-hydrogen) atoms. The number of rotatable bonds is 4. The molecule has 4 rings (SSSR count). The van der Waals surface area contributed by atoms with Crippen LogP contribution in [0.3, 0.4) is 0 Å². The van der Waals surface area contributed by atoms with E-state index in [1.807, 2.05) is 49.4 Å². The number of aryl methyl sites for hydroxylation is 2. The van der Waals surface area contributed by atoms with Crippen LogP contribution < -0.4 is 10.6 Å². The molecule has 0 aliphatic carbocycles. The van der Waals surface area contributed by atoms with E-state index < -0.39 is 0 Å². The van der Waals surface area contributed by atoms with Gasteiger partial charge in [0.1, 0.15) is 0 Å². The number of nitrogens with one attached hydrogen (secondary N) is 2. The minimum Gasteiger partial charge on any atom is -0.340 e. The zero-order valence-electron chi connectivity index (χ0n) is 18.2. The summed E-state index contributed by atoms with van der Waals surface area (Å²) in [6.07, 6.45) is 0. The number of benzene rings is 3. The average Bonchev–Trinajstić information content (AvgIpc) is 3.01. The molecule has 0 aliphatic heterocycles. The zero-order chi connectivity index (χ0) is 22.8. The van der Waals surface area contributed by atoms with Crippen molar-refractivity contribution >= 4 is 55.8 Å². The summed E-state index contributed by atoms with van der Waals surface area (Å²) in [5.41, 5.74) is 7.25. The topological polar surface area (TPSA) is 46.1 Å².